The Balaban J connectivity index is 1.15. The van der Waals surface area contributed by atoms with Gasteiger partial charge in [-0.2, -0.15) is 0 Å². The molecule has 3 fully saturated rings. The number of anilines is 1. The molecule has 3 saturated heterocycles. The van der Waals surface area contributed by atoms with Gasteiger partial charge in [-0.3, -0.25) is 9.69 Å². The summed E-state index contributed by atoms with van der Waals surface area (Å²) >= 11 is 0. The van der Waals surface area contributed by atoms with Crippen LogP contribution in [0.4, 0.5) is 10.5 Å². The minimum absolute atomic E-state index is 0.0383. The predicted molar refractivity (Wildman–Crippen MR) is 165 cm³/mol. The summed E-state index contributed by atoms with van der Waals surface area (Å²) < 4.78 is 25.0. The number of carboxylic acids is 1. The molecule has 0 bridgehead atoms. The summed E-state index contributed by atoms with van der Waals surface area (Å²) in [6.45, 7) is 10.2. The Morgan fingerprint density at radius 1 is 0.907 bits per heavy atom. The lowest BCUT2D eigenvalue weighted by Gasteiger charge is -2.36. The Hall–Kier alpha value is -2.24. The van der Waals surface area contributed by atoms with Gasteiger partial charge in [-0.15, -0.1) is 0 Å². The van der Waals surface area contributed by atoms with Crippen molar-refractivity contribution in [2.45, 2.75) is 122 Å². The number of nitrogens with one attached hydrogen (secondary N) is 1. The molecule has 10 heteroatoms. The third-order valence-electron chi connectivity index (χ3n) is 8.55. The summed E-state index contributed by atoms with van der Waals surface area (Å²) in [6.07, 6.45) is 11.8. The first-order chi connectivity index (χ1) is 20.7. The van der Waals surface area contributed by atoms with Gasteiger partial charge in [-0.1, -0.05) is 76.8 Å². The van der Waals surface area contributed by atoms with Gasteiger partial charge in [0, 0.05) is 45.0 Å². The van der Waals surface area contributed by atoms with Crippen LogP contribution in [-0.2, 0) is 30.2 Å². The van der Waals surface area contributed by atoms with Crippen LogP contribution in [0.5, 0.6) is 0 Å². The fourth-order valence-corrected chi connectivity index (χ4v) is 6.18. The van der Waals surface area contributed by atoms with E-state index >= 15 is 0 Å². The number of carbonyl (C=O) groups excluding carboxylic acids is 1. The monoisotopic (exact) mass is 603 g/mol. The highest BCUT2D eigenvalue weighted by Gasteiger charge is 2.56. The molecule has 0 unspecified atom stereocenters. The van der Waals surface area contributed by atoms with Crippen LogP contribution >= 0.6 is 0 Å². The van der Waals surface area contributed by atoms with Crippen molar-refractivity contribution < 1.29 is 33.6 Å². The van der Waals surface area contributed by atoms with Crippen molar-refractivity contribution >= 4 is 17.7 Å². The number of benzene rings is 1. The molecule has 43 heavy (non-hydrogen) atoms. The second-order valence-electron chi connectivity index (χ2n) is 12.6. The standard InChI is InChI=1S/C33H53N3O7/c1-4-5-6-7-8-9-10-11-12-13-22-40-31-30-29(42-33(2,3)43-30)27(41-31)24-35-18-20-36(21-19-35)32(39)34-26-16-14-25(15-17-26)23-28(37)38/h14-17,27,29-31H,4-13,18-24H2,1-3H3,(H,34,39)(H,37,38)/t27-,29+,30+,31+/m1/s1. The second-order valence-corrected chi connectivity index (χ2v) is 12.6. The molecule has 2 N–H and O–H groups in total. The van der Waals surface area contributed by atoms with Crippen molar-refractivity contribution in [3.63, 3.8) is 0 Å². The Kier molecular flexibility index (Phi) is 13.1. The van der Waals surface area contributed by atoms with Gasteiger partial charge in [0.2, 0.25) is 0 Å². The zero-order chi connectivity index (χ0) is 30.7. The van der Waals surface area contributed by atoms with Crippen molar-refractivity contribution in [1.29, 1.82) is 0 Å². The van der Waals surface area contributed by atoms with Gasteiger partial charge in [0.05, 0.1) is 6.42 Å². The lowest BCUT2D eigenvalue weighted by molar-refractivity contribution is -0.235. The van der Waals surface area contributed by atoms with E-state index in [9.17, 15) is 9.59 Å². The first-order valence-corrected chi connectivity index (χ1v) is 16.5. The number of fused-ring (bicyclic) bond motifs is 1. The average molecular weight is 604 g/mol. The van der Waals surface area contributed by atoms with Crippen LogP contribution in [0, 0.1) is 0 Å². The van der Waals surface area contributed by atoms with Crippen molar-refractivity contribution in [1.82, 2.24) is 9.80 Å². The number of hydrogen-bond donors (Lipinski definition) is 2. The summed E-state index contributed by atoms with van der Waals surface area (Å²) in [4.78, 5) is 27.8. The number of nitrogens with zero attached hydrogens (tertiary/aromatic N) is 2. The number of aliphatic carboxylic acids is 1. The summed E-state index contributed by atoms with van der Waals surface area (Å²) in [5.41, 5.74) is 1.35. The maximum Gasteiger partial charge on any atom is 0.321 e. The van der Waals surface area contributed by atoms with Crippen LogP contribution in [0.25, 0.3) is 0 Å². The van der Waals surface area contributed by atoms with E-state index in [1.807, 2.05) is 13.8 Å². The van der Waals surface area contributed by atoms with Crippen LogP contribution in [0.1, 0.15) is 90.5 Å². The molecule has 4 rings (SSSR count). The molecule has 242 valence electrons. The van der Waals surface area contributed by atoms with E-state index in [2.05, 4.69) is 17.1 Å². The van der Waals surface area contributed by atoms with Gasteiger partial charge in [0.1, 0.15) is 18.3 Å². The molecular formula is C33H53N3O7. The molecule has 0 radical (unpaired) electrons. The van der Waals surface area contributed by atoms with E-state index in [-0.39, 0.29) is 30.8 Å². The van der Waals surface area contributed by atoms with Crippen molar-refractivity contribution in [2.24, 2.45) is 0 Å². The quantitative estimate of drug-likeness (QED) is 0.220. The first kappa shape index (κ1) is 33.6. The molecular weight excluding hydrogens is 550 g/mol. The van der Waals surface area contributed by atoms with Gasteiger partial charge in [0.15, 0.2) is 12.1 Å². The fourth-order valence-electron chi connectivity index (χ4n) is 6.18. The van der Waals surface area contributed by atoms with Gasteiger partial charge in [-0.25, -0.2) is 4.79 Å². The molecule has 3 aliphatic rings. The van der Waals surface area contributed by atoms with Crippen LogP contribution in [0.3, 0.4) is 0 Å². The van der Waals surface area contributed by atoms with E-state index in [0.29, 0.717) is 37.5 Å². The Bertz CT molecular complexity index is 997. The SMILES string of the molecule is CCCCCCCCCCCCO[C@H]1O[C@H](CN2CCN(C(=O)Nc3ccc(CC(=O)O)cc3)CC2)[C@@H]2OC(C)(C)O[C@H]12. The zero-order valence-corrected chi connectivity index (χ0v) is 26.4. The molecule has 0 spiro atoms. The highest BCUT2D eigenvalue weighted by atomic mass is 16.8. The fraction of sp³-hybridized carbons (Fsp3) is 0.758. The summed E-state index contributed by atoms with van der Waals surface area (Å²) in [6, 6.07) is 6.76. The van der Waals surface area contributed by atoms with E-state index in [1.54, 1.807) is 29.2 Å². The Morgan fingerprint density at radius 2 is 1.51 bits per heavy atom. The number of carbonyl (C=O) groups is 2. The lowest BCUT2D eigenvalue weighted by Crippen LogP contribution is -2.52. The number of ether oxygens (including phenoxy) is 4. The van der Waals surface area contributed by atoms with Crippen LogP contribution < -0.4 is 5.32 Å². The number of urea groups is 1. The molecule has 3 aliphatic heterocycles. The first-order valence-electron chi connectivity index (χ1n) is 16.5. The number of unbranched alkanes of at least 4 members (excludes halogenated alkanes) is 9. The summed E-state index contributed by atoms with van der Waals surface area (Å²) in [5.74, 6) is -1.55. The minimum atomic E-state index is -0.878. The zero-order valence-electron chi connectivity index (χ0n) is 26.4. The summed E-state index contributed by atoms with van der Waals surface area (Å²) in [7, 11) is 0. The van der Waals surface area contributed by atoms with Gasteiger partial charge in [0.25, 0.3) is 0 Å². The van der Waals surface area contributed by atoms with Gasteiger partial charge >= 0.3 is 12.0 Å². The van der Waals surface area contributed by atoms with Crippen molar-refractivity contribution in [2.75, 3.05) is 44.6 Å². The molecule has 0 aliphatic carbocycles. The van der Waals surface area contributed by atoms with Gasteiger partial charge in [-0.05, 0) is 38.0 Å². The van der Waals surface area contributed by atoms with Crippen LogP contribution in [0.2, 0.25) is 0 Å². The number of rotatable bonds is 17. The normalized spacial score (nSPS) is 25.1. The van der Waals surface area contributed by atoms with Crippen molar-refractivity contribution in [3.05, 3.63) is 29.8 Å². The topological polar surface area (TPSA) is 110 Å². The van der Waals surface area contributed by atoms with Crippen molar-refractivity contribution in [3.8, 4) is 0 Å². The smallest absolute Gasteiger partial charge is 0.321 e. The van der Waals surface area contributed by atoms with E-state index in [0.717, 1.165) is 19.5 Å². The Morgan fingerprint density at radius 3 is 2.14 bits per heavy atom. The van der Waals surface area contributed by atoms with E-state index in [1.165, 1.54) is 57.8 Å². The largest absolute Gasteiger partial charge is 0.481 e. The van der Waals surface area contributed by atoms with E-state index in [4.69, 9.17) is 24.1 Å². The summed E-state index contributed by atoms with van der Waals surface area (Å²) in [5, 5.41) is 11.8. The number of hydrogen-bond acceptors (Lipinski definition) is 7. The van der Waals surface area contributed by atoms with E-state index < -0.39 is 18.0 Å². The number of carboxylic acid groups (broad SMARTS) is 1. The average Bonchev–Trinajstić information content (AvgIpc) is 3.45. The van der Waals surface area contributed by atoms with Crippen LogP contribution in [0.15, 0.2) is 24.3 Å². The molecule has 3 heterocycles. The predicted octanol–water partition coefficient (Wildman–Crippen LogP) is 5.65. The molecule has 2 amide bonds. The third kappa shape index (κ3) is 10.7. The number of piperazine rings is 1. The van der Waals surface area contributed by atoms with Gasteiger partial charge < -0.3 is 34.3 Å². The molecule has 1 aromatic rings. The highest BCUT2D eigenvalue weighted by Crippen LogP contribution is 2.39. The third-order valence-corrected chi connectivity index (χ3v) is 8.55. The molecule has 4 atom stereocenters. The maximum atomic E-state index is 12.8. The number of amides is 2. The molecule has 0 saturated carbocycles. The van der Waals surface area contributed by atoms with Crippen LogP contribution in [-0.4, -0.2) is 96.6 Å². The maximum absolute atomic E-state index is 12.8. The highest BCUT2D eigenvalue weighted by molar-refractivity contribution is 5.89. The molecule has 0 aromatic heterocycles. The minimum Gasteiger partial charge on any atom is -0.481 e. The molecule has 10 nitrogen and oxygen atoms in total. The second kappa shape index (κ2) is 16.7. The molecule has 1 aromatic carbocycles. The Labute approximate surface area is 257 Å². The lowest BCUT2D eigenvalue weighted by atomic mass is 10.1.